The highest BCUT2D eigenvalue weighted by atomic mass is 35.5. The Morgan fingerprint density at radius 3 is 2.47 bits per heavy atom. The Balaban J connectivity index is 0.000000612. The van der Waals surface area contributed by atoms with Crippen LogP contribution >= 0.6 is 11.6 Å². The number of anilines is 2. The molecule has 0 saturated heterocycles. The van der Waals surface area contributed by atoms with Crippen molar-refractivity contribution in [3.05, 3.63) is 71.1 Å². The van der Waals surface area contributed by atoms with Gasteiger partial charge in [-0.25, -0.2) is 0 Å². The number of ether oxygens (including phenoxy) is 1. The van der Waals surface area contributed by atoms with E-state index in [0.717, 1.165) is 62.2 Å². The van der Waals surface area contributed by atoms with E-state index >= 15 is 0 Å². The van der Waals surface area contributed by atoms with Crippen LogP contribution in [0.25, 0.3) is 33.2 Å². The van der Waals surface area contributed by atoms with Gasteiger partial charge in [0.05, 0.1) is 24.2 Å². The van der Waals surface area contributed by atoms with Crippen LogP contribution in [0.4, 0.5) is 11.4 Å². The lowest BCUT2D eigenvalue weighted by atomic mass is 9.94. The molecule has 8 heteroatoms. The van der Waals surface area contributed by atoms with Crippen LogP contribution in [0.1, 0.15) is 38.4 Å². The first-order valence-corrected chi connectivity index (χ1v) is 13.0. The highest BCUT2D eigenvalue weighted by Gasteiger charge is 2.22. The summed E-state index contributed by atoms with van der Waals surface area (Å²) >= 11 is 6.68. The summed E-state index contributed by atoms with van der Waals surface area (Å²) in [5.41, 5.74) is 7.46. The number of benzene rings is 2. The lowest BCUT2D eigenvalue weighted by Crippen LogP contribution is -2.12. The van der Waals surface area contributed by atoms with Crippen molar-refractivity contribution in [2.24, 2.45) is 0 Å². The van der Waals surface area contributed by atoms with Gasteiger partial charge >= 0.3 is 0 Å². The Morgan fingerprint density at radius 1 is 1.05 bits per heavy atom. The number of carbonyl (C=O) groups excluding carboxylic acids is 2. The first-order chi connectivity index (χ1) is 18.5. The highest BCUT2D eigenvalue weighted by molar-refractivity contribution is 6.33. The Labute approximate surface area is 228 Å². The molecule has 7 nitrogen and oxygen atoms in total. The molecule has 0 aliphatic carbocycles. The minimum Gasteiger partial charge on any atom is -0.471 e. The molecule has 0 fully saturated rings. The van der Waals surface area contributed by atoms with E-state index in [1.807, 2.05) is 64.4 Å². The average molecular weight is 533 g/mol. The highest BCUT2D eigenvalue weighted by Crippen LogP contribution is 2.44. The summed E-state index contributed by atoms with van der Waals surface area (Å²) in [7, 11) is 1.31. The molecule has 0 bridgehead atoms. The van der Waals surface area contributed by atoms with Gasteiger partial charge < -0.3 is 15.4 Å². The SMILES string of the molecule is CC.CCc1c(Cl)cc(-c2cccc3cc(-c4ccc(C)nc4)ncc23)c2c1NC(=O)CCN2.COC=O. The molecule has 1 aliphatic heterocycles. The number of hydrogen-bond donors (Lipinski definition) is 2. The molecular formula is C30H33ClN4O3. The number of aromatic nitrogens is 2. The number of hydrogen-bond acceptors (Lipinski definition) is 6. The smallest absolute Gasteiger partial charge is 0.292 e. The third-order valence-electron chi connectivity index (χ3n) is 6.01. The molecule has 2 aromatic heterocycles. The molecule has 0 radical (unpaired) electrons. The van der Waals surface area contributed by atoms with Crippen molar-refractivity contribution in [3.8, 4) is 22.4 Å². The van der Waals surface area contributed by atoms with Crippen molar-refractivity contribution in [2.45, 2.75) is 40.5 Å². The molecule has 5 rings (SSSR count). The van der Waals surface area contributed by atoms with Gasteiger partial charge in [-0.05, 0) is 54.1 Å². The van der Waals surface area contributed by atoms with E-state index in [-0.39, 0.29) is 5.91 Å². The van der Waals surface area contributed by atoms with E-state index in [4.69, 9.17) is 21.4 Å². The number of nitrogens with zero attached hydrogens (tertiary/aromatic N) is 2. The van der Waals surface area contributed by atoms with E-state index in [9.17, 15) is 4.79 Å². The zero-order chi connectivity index (χ0) is 27.7. The number of amides is 1. The van der Waals surface area contributed by atoms with Crippen molar-refractivity contribution in [2.75, 3.05) is 24.3 Å². The fourth-order valence-corrected chi connectivity index (χ4v) is 4.59. The molecule has 1 amide bonds. The molecule has 38 heavy (non-hydrogen) atoms. The van der Waals surface area contributed by atoms with Crippen molar-refractivity contribution in [1.29, 1.82) is 0 Å². The Hall–Kier alpha value is -3.97. The fourth-order valence-electron chi connectivity index (χ4n) is 4.26. The monoisotopic (exact) mass is 532 g/mol. The largest absolute Gasteiger partial charge is 0.471 e. The number of aryl methyl sites for hydroxylation is 1. The third-order valence-corrected chi connectivity index (χ3v) is 6.35. The van der Waals surface area contributed by atoms with Gasteiger partial charge in [-0.1, -0.05) is 50.6 Å². The van der Waals surface area contributed by atoms with Gasteiger partial charge in [0.1, 0.15) is 0 Å². The van der Waals surface area contributed by atoms with Crippen LogP contribution in [-0.2, 0) is 20.7 Å². The maximum atomic E-state index is 12.3. The molecule has 0 atom stereocenters. The van der Waals surface area contributed by atoms with Gasteiger partial charge in [0.15, 0.2) is 0 Å². The maximum absolute atomic E-state index is 12.3. The number of nitrogens with one attached hydrogen (secondary N) is 2. The minimum absolute atomic E-state index is 0.00454. The summed E-state index contributed by atoms with van der Waals surface area (Å²) in [5.74, 6) is -0.00454. The number of rotatable bonds is 4. The molecule has 3 heterocycles. The van der Waals surface area contributed by atoms with E-state index in [1.54, 1.807) is 0 Å². The van der Waals surface area contributed by atoms with Crippen LogP contribution in [-0.4, -0.2) is 36.0 Å². The van der Waals surface area contributed by atoms with Gasteiger partial charge in [-0.2, -0.15) is 0 Å². The standard InChI is InChI=1S/C26H23ClN4O.C2H4O2.C2H6/c1-3-18-22(27)12-20(25-26(18)31-24(32)9-10-28-25)19-6-4-5-16-11-23(30-14-21(16)19)17-8-7-15(2)29-13-17;1-4-2-3;1-2/h4-8,11-14,28H,3,9-10H2,1-2H3,(H,31,32);2H,1H3;1-2H3. The second-order valence-electron chi connectivity index (χ2n) is 8.33. The van der Waals surface area contributed by atoms with Crippen molar-refractivity contribution in [3.63, 3.8) is 0 Å². The summed E-state index contributed by atoms with van der Waals surface area (Å²) in [5, 5.41) is 9.28. The minimum atomic E-state index is -0.00454. The van der Waals surface area contributed by atoms with Crippen LogP contribution in [0.15, 0.2) is 54.9 Å². The van der Waals surface area contributed by atoms with Gasteiger partial charge in [-0.15, -0.1) is 0 Å². The third kappa shape index (κ3) is 6.29. The predicted molar refractivity (Wildman–Crippen MR) is 156 cm³/mol. The van der Waals surface area contributed by atoms with E-state index in [0.29, 0.717) is 24.5 Å². The molecule has 0 spiro atoms. The second-order valence-corrected chi connectivity index (χ2v) is 8.74. The molecular weight excluding hydrogens is 500 g/mol. The predicted octanol–water partition coefficient (Wildman–Crippen LogP) is 7.06. The molecule has 2 N–H and O–H groups in total. The van der Waals surface area contributed by atoms with Gasteiger partial charge in [0.2, 0.25) is 5.91 Å². The van der Waals surface area contributed by atoms with Crippen LogP contribution in [0, 0.1) is 6.92 Å². The lowest BCUT2D eigenvalue weighted by Gasteiger charge is -2.20. The number of fused-ring (bicyclic) bond motifs is 2. The van der Waals surface area contributed by atoms with Gasteiger partial charge in [-0.3, -0.25) is 19.6 Å². The average Bonchev–Trinajstić information content (AvgIpc) is 3.14. The van der Waals surface area contributed by atoms with Crippen molar-refractivity contribution in [1.82, 2.24) is 9.97 Å². The summed E-state index contributed by atoms with van der Waals surface area (Å²) in [6.07, 6.45) is 4.90. The van der Waals surface area contributed by atoms with Crippen LogP contribution in [0.2, 0.25) is 5.02 Å². The van der Waals surface area contributed by atoms with Crippen LogP contribution in [0.5, 0.6) is 0 Å². The zero-order valence-corrected chi connectivity index (χ0v) is 23.1. The molecule has 2 aromatic carbocycles. The fraction of sp³-hybridized carbons (Fsp3) is 0.267. The van der Waals surface area contributed by atoms with E-state index in [1.165, 1.54) is 7.11 Å². The Kier molecular flexibility index (Phi) is 10.2. The van der Waals surface area contributed by atoms with Gasteiger partial charge in [0, 0.05) is 52.6 Å². The normalized spacial score (nSPS) is 11.9. The quantitative estimate of drug-likeness (QED) is 0.273. The number of carbonyl (C=O) groups is 2. The lowest BCUT2D eigenvalue weighted by molar-refractivity contribution is -0.126. The Bertz CT molecular complexity index is 1420. The molecule has 4 aromatic rings. The summed E-state index contributed by atoms with van der Waals surface area (Å²) in [6.45, 7) is 8.96. The second kappa shape index (κ2) is 13.5. The summed E-state index contributed by atoms with van der Waals surface area (Å²) in [6, 6.07) is 14.3. The first-order valence-electron chi connectivity index (χ1n) is 12.6. The maximum Gasteiger partial charge on any atom is 0.292 e. The zero-order valence-electron chi connectivity index (χ0n) is 22.4. The first kappa shape index (κ1) is 28.6. The van der Waals surface area contributed by atoms with E-state index in [2.05, 4.69) is 38.6 Å². The molecule has 0 unspecified atom stereocenters. The summed E-state index contributed by atoms with van der Waals surface area (Å²) < 4.78 is 3.86. The molecule has 198 valence electrons. The van der Waals surface area contributed by atoms with Crippen molar-refractivity contribution < 1.29 is 14.3 Å². The van der Waals surface area contributed by atoms with Crippen molar-refractivity contribution >= 4 is 46.1 Å². The van der Waals surface area contributed by atoms with E-state index < -0.39 is 0 Å². The molecule has 0 saturated carbocycles. The topological polar surface area (TPSA) is 93.2 Å². The number of pyridine rings is 2. The number of halogens is 1. The van der Waals surface area contributed by atoms with Gasteiger partial charge in [0.25, 0.3) is 6.47 Å². The molecule has 1 aliphatic rings. The summed E-state index contributed by atoms with van der Waals surface area (Å²) in [4.78, 5) is 30.3. The van der Waals surface area contributed by atoms with Crippen LogP contribution in [0.3, 0.4) is 0 Å². The number of methoxy groups -OCH3 is 1. The van der Waals surface area contributed by atoms with Crippen LogP contribution < -0.4 is 10.6 Å². The Morgan fingerprint density at radius 2 is 1.82 bits per heavy atom.